The Morgan fingerprint density at radius 3 is 2.67 bits per heavy atom. The Labute approximate surface area is 237 Å². The number of thioether (sulfide) groups is 1. The molecular weight excluding hydrogens is 547 g/mol. The molecule has 1 N–H and O–H groups in total. The Morgan fingerprint density at radius 1 is 1.05 bits per heavy atom. The molecule has 5 aromatic rings. The molecule has 3 aromatic carbocycles. The van der Waals surface area contributed by atoms with E-state index >= 15 is 0 Å². The lowest BCUT2D eigenvalue weighted by Crippen LogP contribution is -2.29. The standard InChI is InChI=1S/C30H21FN4O3S2/c1-17-11-12-19(14-23(17)31)26(36)24-25(20-9-5-13-32-15-20)35(28(38)27(24)37)29-33-34-30(40-29)39-16-21-8-4-7-18-6-2-3-10-22(18)21/h2-15,25,36H,16H2,1H3/b26-24+. The van der Waals surface area contributed by atoms with Crippen molar-refractivity contribution in [2.24, 2.45) is 0 Å². The van der Waals surface area contributed by atoms with Gasteiger partial charge in [0.1, 0.15) is 11.6 Å². The van der Waals surface area contributed by atoms with Crippen LogP contribution in [0.25, 0.3) is 16.5 Å². The summed E-state index contributed by atoms with van der Waals surface area (Å²) in [6, 6.07) is 20.8. The van der Waals surface area contributed by atoms with Gasteiger partial charge in [-0.15, -0.1) is 10.2 Å². The Morgan fingerprint density at radius 2 is 1.88 bits per heavy atom. The third-order valence-electron chi connectivity index (χ3n) is 6.72. The van der Waals surface area contributed by atoms with Crippen molar-refractivity contribution >= 4 is 56.5 Å². The maximum atomic E-state index is 14.3. The van der Waals surface area contributed by atoms with E-state index in [2.05, 4.69) is 39.4 Å². The van der Waals surface area contributed by atoms with E-state index in [1.54, 1.807) is 25.3 Å². The zero-order valence-corrected chi connectivity index (χ0v) is 22.7. The van der Waals surface area contributed by atoms with Gasteiger partial charge in [-0.05, 0) is 46.5 Å². The first-order valence-corrected chi connectivity index (χ1v) is 14.1. The molecule has 0 spiro atoms. The highest BCUT2D eigenvalue weighted by atomic mass is 32.2. The van der Waals surface area contributed by atoms with Crippen molar-refractivity contribution in [2.75, 3.05) is 4.90 Å². The van der Waals surface area contributed by atoms with Gasteiger partial charge in [0.2, 0.25) is 5.13 Å². The molecule has 10 heteroatoms. The highest BCUT2D eigenvalue weighted by Gasteiger charge is 2.48. The van der Waals surface area contributed by atoms with Crippen LogP contribution in [0.2, 0.25) is 0 Å². The highest BCUT2D eigenvalue weighted by molar-refractivity contribution is 8.00. The van der Waals surface area contributed by atoms with Gasteiger partial charge < -0.3 is 5.11 Å². The topological polar surface area (TPSA) is 96.3 Å². The molecule has 3 heterocycles. The minimum absolute atomic E-state index is 0.0959. The molecule has 198 valence electrons. The van der Waals surface area contributed by atoms with Gasteiger partial charge in [-0.1, -0.05) is 83.8 Å². The molecule has 1 aliphatic rings. The maximum Gasteiger partial charge on any atom is 0.301 e. The molecule has 0 aliphatic carbocycles. The number of aliphatic hydroxyl groups is 1. The van der Waals surface area contributed by atoms with Crippen molar-refractivity contribution < 1.29 is 19.1 Å². The van der Waals surface area contributed by atoms with E-state index in [0.29, 0.717) is 21.2 Å². The van der Waals surface area contributed by atoms with Crippen LogP contribution < -0.4 is 4.90 Å². The minimum Gasteiger partial charge on any atom is -0.507 e. The fourth-order valence-corrected chi connectivity index (χ4v) is 6.57. The molecule has 0 radical (unpaired) electrons. The second-order valence-corrected chi connectivity index (χ2v) is 11.4. The number of fused-ring (bicyclic) bond motifs is 1. The van der Waals surface area contributed by atoms with Gasteiger partial charge in [0.25, 0.3) is 5.78 Å². The van der Waals surface area contributed by atoms with Gasteiger partial charge in [0, 0.05) is 23.7 Å². The lowest BCUT2D eigenvalue weighted by Gasteiger charge is -2.22. The molecule has 1 amide bonds. The number of anilines is 1. The number of hydrogen-bond donors (Lipinski definition) is 1. The van der Waals surface area contributed by atoms with E-state index in [9.17, 15) is 19.1 Å². The zero-order chi connectivity index (χ0) is 27.8. The van der Waals surface area contributed by atoms with E-state index < -0.39 is 29.3 Å². The average molecular weight is 569 g/mol. The third-order valence-corrected chi connectivity index (χ3v) is 8.83. The Bertz CT molecular complexity index is 1800. The summed E-state index contributed by atoms with van der Waals surface area (Å²) in [5.41, 5.74) is 1.96. The molecule has 1 saturated heterocycles. The number of nitrogens with zero attached hydrogens (tertiary/aromatic N) is 4. The van der Waals surface area contributed by atoms with Crippen LogP contribution >= 0.6 is 23.1 Å². The van der Waals surface area contributed by atoms with E-state index in [1.807, 2.05) is 18.2 Å². The number of halogens is 1. The van der Waals surface area contributed by atoms with Gasteiger partial charge in [-0.3, -0.25) is 19.5 Å². The Hall–Kier alpha value is -4.41. The van der Waals surface area contributed by atoms with Crippen LogP contribution in [0.15, 0.2) is 95.1 Å². The third kappa shape index (κ3) is 4.65. The minimum atomic E-state index is -1.01. The number of carbonyl (C=O) groups is 2. The molecule has 1 atom stereocenters. The molecule has 0 bridgehead atoms. The second-order valence-electron chi connectivity index (χ2n) is 9.20. The molecule has 1 fully saturated rings. The quantitative estimate of drug-likeness (QED) is 0.0826. The number of aromatic nitrogens is 3. The lowest BCUT2D eigenvalue weighted by molar-refractivity contribution is -0.132. The van der Waals surface area contributed by atoms with Gasteiger partial charge in [0.15, 0.2) is 4.34 Å². The zero-order valence-electron chi connectivity index (χ0n) is 21.1. The van der Waals surface area contributed by atoms with Crippen molar-refractivity contribution in [2.45, 2.75) is 23.1 Å². The van der Waals surface area contributed by atoms with Gasteiger partial charge in [-0.25, -0.2) is 4.39 Å². The van der Waals surface area contributed by atoms with Crippen LogP contribution in [0, 0.1) is 12.7 Å². The number of benzene rings is 3. The van der Waals surface area contributed by atoms with Crippen molar-refractivity contribution in [3.05, 3.63) is 119 Å². The summed E-state index contributed by atoms with van der Waals surface area (Å²) >= 11 is 2.66. The summed E-state index contributed by atoms with van der Waals surface area (Å²) in [5.74, 6) is -2.12. The SMILES string of the molecule is Cc1ccc(/C(O)=C2\C(=O)C(=O)N(c3nnc(SCc4cccc5ccccc45)s3)C2c2cccnc2)cc1F. The first kappa shape index (κ1) is 25.8. The number of carbonyl (C=O) groups excluding carboxylic acids is 2. The van der Waals surface area contributed by atoms with Gasteiger partial charge in [0.05, 0.1) is 11.6 Å². The molecule has 2 aromatic heterocycles. The average Bonchev–Trinajstić information content (AvgIpc) is 3.55. The van der Waals surface area contributed by atoms with Crippen molar-refractivity contribution in [3.8, 4) is 0 Å². The first-order chi connectivity index (χ1) is 19.4. The number of hydrogen-bond acceptors (Lipinski definition) is 8. The predicted octanol–water partition coefficient (Wildman–Crippen LogP) is 6.45. The number of Topliss-reactive ketones (excluding diaryl/α,β-unsaturated/α-hetero) is 1. The Kier molecular flexibility index (Phi) is 6.87. The van der Waals surface area contributed by atoms with Gasteiger partial charge in [-0.2, -0.15) is 0 Å². The normalized spacial score (nSPS) is 16.6. The van der Waals surface area contributed by atoms with Crippen LogP contribution in [0.3, 0.4) is 0 Å². The summed E-state index contributed by atoms with van der Waals surface area (Å²) < 4.78 is 14.9. The second kappa shape index (κ2) is 10.6. The van der Waals surface area contributed by atoms with Crippen LogP contribution in [0.1, 0.15) is 28.3 Å². The van der Waals surface area contributed by atoms with E-state index in [1.165, 1.54) is 46.3 Å². The largest absolute Gasteiger partial charge is 0.507 e. The highest BCUT2D eigenvalue weighted by Crippen LogP contribution is 2.44. The van der Waals surface area contributed by atoms with Crippen LogP contribution in [-0.2, 0) is 15.3 Å². The maximum absolute atomic E-state index is 14.3. The van der Waals surface area contributed by atoms with Crippen molar-refractivity contribution in [1.29, 1.82) is 0 Å². The summed E-state index contributed by atoms with van der Waals surface area (Å²) in [7, 11) is 0. The first-order valence-electron chi connectivity index (χ1n) is 12.3. The monoisotopic (exact) mass is 568 g/mol. The smallest absolute Gasteiger partial charge is 0.301 e. The van der Waals surface area contributed by atoms with E-state index in [0.717, 1.165) is 22.4 Å². The summed E-state index contributed by atoms with van der Waals surface area (Å²) in [6.45, 7) is 1.60. The molecule has 40 heavy (non-hydrogen) atoms. The molecule has 1 aliphatic heterocycles. The number of pyridine rings is 1. The number of amides is 1. The fraction of sp³-hybridized carbons (Fsp3) is 0.100. The molecule has 7 nitrogen and oxygen atoms in total. The summed E-state index contributed by atoms with van der Waals surface area (Å²) in [5, 5.41) is 22.2. The molecular formula is C30H21FN4O3S2. The predicted molar refractivity (Wildman–Crippen MR) is 154 cm³/mol. The fourth-order valence-electron chi connectivity index (χ4n) is 4.69. The lowest BCUT2D eigenvalue weighted by atomic mass is 9.96. The molecule has 0 saturated carbocycles. The number of aliphatic hydroxyl groups excluding tert-OH is 1. The number of ketones is 1. The number of aryl methyl sites for hydroxylation is 1. The summed E-state index contributed by atoms with van der Waals surface area (Å²) in [6.07, 6.45) is 3.09. The van der Waals surface area contributed by atoms with E-state index in [-0.39, 0.29) is 16.3 Å². The van der Waals surface area contributed by atoms with Crippen molar-refractivity contribution in [1.82, 2.24) is 15.2 Å². The molecule has 6 rings (SSSR count). The van der Waals surface area contributed by atoms with Crippen LogP contribution in [0.4, 0.5) is 9.52 Å². The summed E-state index contributed by atoms with van der Waals surface area (Å²) in [4.78, 5) is 32.0. The van der Waals surface area contributed by atoms with Gasteiger partial charge >= 0.3 is 5.91 Å². The Balaban J connectivity index is 1.36. The van der Waals surface area contributed by atoms with Crippen molar-refractivity contribution in [3.63, 3.8) is 0 Å². The van der Waals surface area contributed by atoms with E-state index in [4.69, 9.17) is 0 Å². The van der Waals surface area contributed by atoms with Crippen LogP contribution in [0.5, 0.6) is 0 Å². The molecule has 1 unspecified atom stereocenters. The van der Waals surface area contributed by atoms with Crippen LogP contribution in [-0.4, -0.2) is 32.0 Å². The number of rotatable bonds is 6.